The van der Waals surface area contributed by atoms with E-state index in [1.165, 1.54) is 7.11 Å². The van der Waals surface area contributed by atoms with Gasteiger partial charge in [0.05, 0.1) is 13.0 Å². The second-order valence-corrected chi connectivity index (χ2v) is 11.6. The van der Waals surface area contributed by atoms with Gasteiger partial charge in [-0.1, -0.05) is 102 Å². The van der Waals surface area contributed by atoms with E-state index in [4.69, 9.17) is 47.9 Å². The van der Waals surface area contributed by atoms with Gasteiger partial charge in [-0.2, -0.15) is 5.26 Å². The SMILES string of the molecule is COc1cc(C2C(C#N)=C(N)Oc3cc(OC(=O)C(c4ccccc4)c4ccccc4)ccc32)ccc1OCc1ccc(Cl)cc1Cl. The average Bonchev–Trinajstić information content (AvgIpc) is 3.08. The third kappa shape index (κ3) is 6.75. The summed E-state index contributed by atoms with van der Waals surface area (Å²) >= 11 is 12.3. The molecule has 5 aromatic rings. The number of carbonyl (C=O) groups excluding carboxylic acids is 1. The molecule has 1 heterocycles. The molecule has 0 bridgehead atoms. The maximum atomic E-state index is 13.6. The van der Waals surface area contributed by atoms with Crippen molar-refractivity contribution in [3.63, 3.8) is 0 Å². The number of ether oxygens (including phenoxy) is 4. The molecule has 2 N–H and O–H groups in total. The summed E-state index contributed by atoms with van der Waals surface area (Å²) in [6, 6.07) is 36.8. The molecule has 6 rings (SSSR count). The molecule has 1 unspecified atom stereocenters. The van der Waals surface area contributed by atoms with Gasteiger partial charge in [0.1, 0.15) is 35.7 Å². The third-order valence-electron chi connectivity index (χ3n) is 7.83. The molecule has 234 valence electrons. The highest BCUT2D eigenvalue weighted by Gasteiger charge is 2.32. The first kappa shape index (κ1) is 31.6. The number of benzene rings is 5. The first-order valence-electron chi connectivity index (χ1n) is 14.6. The van der Waals surface area contributed by atoms with E-state index < -0.39 is 17.8 Å². The summed E-state index contributed by atoms with van der Waals surface area (Å²) in [5, 5.41) is 11.1. The van der Waals surface area contributed by atoms with Crippen LogP contribution in [0.25, 0.3) is 0 Å². The van der Waals surface area contributed by atoms with Gasteiger partial charge in [0.25, 0.3) is 0 Å². The summed E-state index contributed by atoms with van der Waals surface area (Å²) in [5.74, 6) is -0.129. The lowest BCUT2D eigenvalue weighted by Crippen LogP contribution is -2.22. The number of allylic oxidation sites excluding steroid dienone is 1. The summed E-state index contributed by atoms with van der Waals surface area (Å²) in [6.07, 6.45) is 0. The predicted molar refractivity (Wildman–Crippen MR) is 180 cm³/mol. The molecule has 0 amide bonds. The average molecular weight is 664 g/mol. The zero-order valence-electron chi connectivity index (χ0n) is 25.2. The van der Waals surface area contributed by atoms with Gasteiger partial charge in [-0.25, -0.2) is 0 Å². The van der Waals surface area contributed by atoms with Crippen molar-refractivity contribution in [1.82, 2.24) is 0 Å². The first-order chi connectivity index (χ1) is 22.9. The molecule has 1 aliphatic rings. The molecule has 0 fully saturated rings. The van der Waals surface area contributed by atoms with Crippen LogP contribution in [0.15, 0.2) is 127 Å². The minimum Gasteiger partial charge on any atom is -0.493 e. The van der Waals surface area contributed by atoms with E-state index in [2.05, 4.69) is 6.07 Å². The Morgan fingerprint density at radius 3 is 2.23 bits per heavy atom. The lowest BCUT2D eigenvalue weighted by molar-refractivity contribution is -0.135. The molecule has 7 nitrogen and oxygen atoms in total. The number of rotatable bonds is 9. The molecule has 0 saturated carbocycles. The van der Waals surface area contributed by atoms with Crippen molar-refractivity contribution >= 4 is 29.2 Å². The summed E-state index contributed by atoms with van der Waals surface area (Å²) in [5.41, 5.74) is 10.3. The van der Waals surface area contributed by atoms with Crippen LogP contribution in [-0.4, -0.2) is 13.1 Å². The largest absolute Gasteiger partial charge is 0.493 e. The molecule has 0 radical (unpaired) electrons. The van der Waals surface area contributed by atoms with Crippen LogP contribution in [0.5, 0.6) is 23.0 Å². The van der Waals surface area contributed by atoms with E-state index in [1.54, 1.807) is 48.5 Å². The van der Waals surface area contributed by atoms with Gasteiger partial charge < -0.3 is 24.7 Å². The number of halogens is 2. The van der Waals surface area contributed by atoms with Crippen LogP contribution in [-0.2, 0) is 11.4 Å². The summed E-state index contributed by atoms with van der Waals surface area (Å²) in [6.45, 7) is 0.193. The quantitative estimate of drug-likeness (QED) is 0.125. The number of nitrogens with zero attached hydrogens (tertiary/aromatic N) is 1. The Bertz CT molecular complexity index is 1970. The van der Waals surface area contributed by atoms with Crippen molar-refractivity contribution < 1.29 is 23.7 Å². The lowest BCUT2D eigenvalue weighted by Gasteiger charge is -2.27. The predicted octanol–water partition coefficient (Wildman–Crippen LogP) is 8.54. The summed E-state index contributed by atoms with van der Waals surface area (Å²) in [4.78, 5) is 13.6. The van der Waals surface area contributed by atoms with Gasteiger partial charge >= 0.3 is 5.97 Å². The second kappa shape index (κ2) is 13.9. The maximum Gasteiger partial charge on any atom is 0.323 e. The van der Waals surface area contributed by atoms with Gasteiger partial charge in [-0.15, -0.1) is 0 Å². The van der Waals surface area contributed by atoms with Crippen molar-refractivity contribution in [3.8, 4) is 29.1 Å². The monoisotopic (exact) mass is 662 g/mol. The fourth-order valence-corrected chi connectivity index (χ4v) is 6.01. The number of fused-ring (bicyclic) bond motifs is 1. The van der Waals surface area contributed by atoms with Crippen LogP contribution >= 0.6 is 23.2 Å². The molecular formula is C38H28Cl2N2O5. The van der Waals surface area contributed by atoms with Gasteiger partial charge in [0, 0.05) is 27.2 Å². The van der Waals surface area contributed by atoms with E-state index in [0.29, 0.717) is 32.9 Å². The standard InChI is InChI=1S/C38H28Cl2N2O5/c1-44-34-18-25(13-17-32(34)45-22-26-12-14-27(39)19-31(26)40)36-29-16-15-28(20-33(29)47-37(42)30(36)21-41)46-38(43)35(23-8-4-2-5-9-23)24-10-6-3-7-11-24/h2-20,35-36H,22,42H2,1H3. The molecule has 0 saturated heterocycles. The fourth-order valence-electron chi connectivity index (χ4n) is 5.55. The second-order valence-electron chi connectivity index (χ2n) is 10.7. The number of methoxy groups -OCH3 is 1. The highest BCUT2D eigenvalue weighted by atomic mass is 35.5. The molecule has 0 aliphatic carbocycles. The zero-order valence-corrected chi connectivity index (χ0v) is 26.7. The van der Waals surface area contributed by atoms with Crippen LogP contribution in [0.1, 0.15) is 39.7 Å². The van der Waals surface area contributed by atoms with Crippen LogP contribution in [0, 0.1) is 11.3 Å². The molecule has 1 aliphatic heterocycles. The topological polar surface area (TPSA) is 104 Å². The van der Waals surface area contributed by atoms with Crippen molar-refractivity contribution in [3.05, 3.63) is 165 Å². The molecule has 5 aromatic carbocycles. The van der Waals surface area contributed by atoms with Crippen molar-refractivity contribution in [2.24, 2.45) is 5.73 Å². The Morgan fingerprint density at radius 1 is 0.894 bits per heavy atom. The highest BCUT2D eigenvalue weighted by molar-refractivity contribution is 6.35. The highest BCUT2D eigenvalue weighted by Crippen LogP contribution is 2.45. The van der Waals surface area contributed by atoms with Crippen molar-refractivity contribution in [1.29, 1.82) is 5.26 Å². The molecule has 1 atom stereocenters. The Morgan fingerprint density at radius 2 is 1.60 bits per heavy atom. The Balaban J connectivity index is 1.29. The van der Waals surface area contributed by atoms with Gasteiger partial charge in [0.2, 0.25) is 5.88 Å². The lowest BCUT2D eigenvalue weighted by atomic mass is 9.83. The molecule has 47 heavy (non-hydrogen) atoms. The molecule has 0 spiro atoms. The van der Waals surface area contributed by atoms with Crippen molar-refractivity contribution in [2.45, 2.75) is 18.4 Å². The van der Waals surface area contributed by atoms with E-state index in [9.17, 15) is 10.1 Å². The van der Waals surface area contributed by atoms with Crippen LogP contribution < -0.4 is 24.7 Å². The third-order valence-corrected chi connectivity index (χ3v) is 8.42. The van der Waals surface area contributed by atoms with Gasteiger partial charge in [0.15, 0.2) is 11.5 Å². The van der Waals surface area contributed by atoms with Crippen LogP contribution in [0.2, 0.25) is 10.0 Å². The van der Waals surface area contributed by atoms with Crippen LogP contribution in [0.4, 0.5) is 0 Å². The van der Waals surface area contributed by atoms with E-state index in [0.717, 1.165) is 22.3 Å². The summed E-state index contributed by atoms with van der Waals surface area (Å²) in [7, 11) is 1.54. The molecule has 0 aromatic heterocycles. The minimum absolute atomic E-state index is 0.0448. The van der Waals surface area contributed by atoms with E-state index >= 15 is 0 Å². The normalized spacial score (nSPS) is 13.7. The van der Waals surface area contributed by atoms with Gasteiger partial charge in [-0.3, -0.25) is 4.79 Å². The number of carbonyl (C=O) groups is 1. The van der Waals surface area contributed by atoms with Gasteiger partial charge in [-0.05, 0) is 47.0 Å². The first-order valence-corrected chi connectivity index (χ1v) is 15.4. The Hall–Kier alpha value is -5.42. The number of hydrogen-bond acceptors (Lipinski definition) is 7. The van der Waals surface area contributed by atoms with E-state index in [-0.39, 0.29) is 23.8 Å². The molecular weight excluding hydrogens is 635 g/mol. The fraction of sp³-hybridized carbons (Fsp3) is 0.105. The molecule has 9 heteroatoms. The number of esters is 1. The maximum absolute atomic E-state index is 13.6. The Labute approximate surface area is 282 Å². The number of hydrogen-bond donors (Lipinski definition) is 1. The number of nitrogens with two attached hydrogens (primary N) is 1. The van der Waals surface area contributed by atoms with Crippen LogP contribution in [0.3, 0.4) is 0 Å². The summed E-state index contributed by atoms with van der Waals surface area (Å²) < 4.78 is 23.5. The van der Waals surface area contributed by atoms with Crippen molar-refractivity contribution in [2.75, 3.05) is 7.11 Å². The number of nitriles is 1. The minimum atomic E-state index is -0.638. The zero-order chi connectivity index (χ0) is 32.9. The van der Waals surface area contributed by atoms with E-state index in [1.807, 2.05) is 66.7 Å². The smallest absolute Gasteiger partial charge is 0.323 e. The Kier molecular flexibility index (Phi) is 9.35.